The molecule has 6 nitrogen and oxygen atoms in total. The third-order valence-electron chi connectivity index (χ3n) is 23.1. The molecule has 0 heterocycles. The van der Waals surface area contributed by atoms with E-state index in [2.05, 4.69) is 41.5 Å². The van der Waals surface area contributed by atoms with Gasteiger partial charge in [0.15, 0.2) is 0 Å². The Hall–Kier alpha value is -2.57. The Balaban J connectivity index is 0.650. The Morgan fingerprint density at radius 2 is 1.07 bits per heavy atom. The number of ether oxygens (including phenoxy) is 2. The van der Waals surface area contributed by atoms with Gasteiger partial charge in [-0.25, -0.2) is 0 Å². The first-order valence-corrected chi connectivity index (χ1v) is 28.3. The Bertz CT molecular complexity index is 2050. The molecule has 0 aliphatic heterocycles. The van der Waals surface area contributed by atoms with Crippen LogP contribution in [0.4, 0.5) is 5.69 Å². The molecule has 8 aliphatic carbocycles. The number of phenolic OH excluding ortho intramolecular Hbond substituents is 1. The van der Waals surface area contributed by atoms with Gasteiger partial charge in [-0.1, -0.05) is 47.6 Å². The van der Waals surface area contributed by atoms with Crippen LogP contribution >= 0.6 is 0 Å². The summed E-state index contributed by atoms with van der Waals surface area (Å²) in [6, 6.07) is 13.6. The van der Waals surface area contributed by atoms with Crippen LogP contribution in [-0.4, -0.2) is 47.0 Å². The van der Waals surface area contributed by atoms with E-state index in [-0.39, 0.29) is 18.0 Å². The van der Waals surface area contributed by atoms with E-state index in [0.717, 1.165) is 116 Å². The Labute approximate surface area is 406 Å². The second-order valence-electron chi connectivity index (χ2n) is 26.0. The molecule has 10 rings (SSSR count). The largest absolute Gasteiger partial charge is 0.507 e. The summed E-state index contributed by atoms with van der Waals surface area (Å²) >= 11 is 0. The summed E-state index contributed by atoms with van der Waals surface area (Å²) in [5.41, 5.74) is 3.34. The van der Waals surface area contributed by atoms with E-state index in [9.17, 15) is 15.3 Å². The molecule has 3 N–H and O–H groups in total. The lowest BCUT2D eigenvalue weighted by Gasteiger charge is -2.61. The number of aliphatic hydroxyl groups is 2. The average Bonchev–Trinajstić information content (AvgIpc) is 3.86. The Kier molecular flexibility index (Phi) is 13.8. The molecule has 6 heteroatoms. The molecule has 18 atom stereocenters. The number of nitrogens with zero attached hydrogens (tertiary/aromatic N) is 1. The van der Waals surface area contributed by atoms with Gasteiger partial charge in [0.1, 0.15) is 17.2 Å². The van der Waals surface area contributed by atoms with E-state index in [1.165, 1.54) is 103 Å². The number of rotatable bonds is 14. The molecule has 0 aromatic heterocycles. The van der Waals surface area contributed by atoms with Gasteiger partial charge in [0.05, 0.1) is 31.1 Å². The predicted molar refractivity (Wildman–Crippen MR) is 272 cm³/mol. The summed E-state index contributed by atoms with van der Waals surface area (Å²) in [5.74, 6) is 11.5. The maximum Gasteiger partial charge on any atom is 0.128 e. The smallest absolute Gasteiger partial charge is 0.128 e. The minimum absolute atomic E-state index is 0.0597. The van der Waals surface area contributed by atoms with Gasteiger partial charge in [-0.2, -0.15) is 0 Å². The van der Waals surface area contributed by atoms with Gasteiger partial charge in [-0.3, -0.25) is 4.99 Å². The van der Waals surface area contributed by atoms with E-state index in [0.29, 0.717) is 51.4 Å². The molecule has 8 fully saturated rings. The number of benzene rings is 2. The minimum atomic E-state index is -0.0626. The molecule has 370 valence electrons. The highest BCUT2D eigenvalue weighted by molar-refractivity contribution is 5.85. The van der Waals surface area contributed by atoms with Crippen molar-refractivity contribution in [2.24, 2.45) is 97.7 Å². The number of aromatic hydroxyl groups is 1. The number of fused-ring (bicyclic) bond motifs is 10. The van der Waals surface area contributed by atoms with Crippen molar-refractivity contribution in [2.45, 2.75) is 195 Å². The molecular weight excluding hydrogens is 827 g/mol. The molecule has 0 saturated heterocycles. The molecule has 2 aromatic rings. The zero-order chi connectivity index (χ0) is 46.7. The second kappa shape index (κ2) is 19.2. The lowest BCUT2D eigenvalue weighted by Crippen LogP contribution is -2.54. The van der Waals surface area contributed by atoms with Crippen LogP contribution in [0.3, 0.4) is 0 Å². The van der Waals surface area contributed by atoms with Crippen LogP contribution < -0.4 is 9.47 Å². The summed E-state index contributed by atoms with van der Waals surface area (Å²) in [5, 5.41) is 31.9. The van der Waals surface area contributed by atoms with Gasteiger partial charge >= 0.3 is 0 Å². The molecule has 0 unspecified atom stereocenters. The van der Waals surface area contributed by atoms with Crippen LogP contribution in [0.25, 0.3) is 0 Å². The van der Waals surface area contributed by atoms with E-state index in [4.69, 9.17) is 14.5 Å². The fourth-order valence-electron chi connectivity index (χ4n) is 19.5. The number of hydrogen-bond acceptors (Lipinski definition) is 6. The number of hydrogen-bond donors (Lipinski definition) is 3. The molecule has 0 radical (unpaired) electrons. The number of aliphatic hydroxyl groups excluding tert-OH is 2. The predicted octanol–water partition coefficient (Wildman–Crippen LogP) is 14.8. The lowest BCUT2D eigenvalue weighted by atomic mass is 9.44. The van der Waals surface area contributed by atoms with Crippen LogP contribution in [0.5, 0.6) is 17.2 Å². The van der Waals surface area contributed by atoms with Gasteiger partial charge in [-0.05, 0) is 258 Å². The number of aliphatic imine (C=N–C) groups is 1. The third kappa shape index (κ3) is 8.96. The first-order valence-electron chi connectivity index (χ1n) is 28.3. The quantitative estimate of drug-likeness (QED) is 0.130. The summed E-state index contributed by atoms with van der Waals surface area (Å²) in [7, 11) is 0. The van der Waals surface area contributed by atoms with Crippen molar-refractivity contribution in [2.75, 3.05) is 13.2 Å². The minimum Gasteiger partial charge on any atom is -0.507 e. The Morgan fingerprint density at radius 3 is 1.60 bits per heavy atom. The van der Waals surface area contributed by atoms with Crippen LogP contribution in [0, 0.1) is 92.7 Å². The van der Waals surface area contributed by atoms with Gasteiger partial charge in [0.2, 0.25) is 0 Å². The highest BCUT2D eigenvalue weighted by Crippen LogP contribution is 2.70. The summed E-state index contributed by atoms with van der Waals surface area (Å²) in [4.78, 5) is 4.73. The van der Waals surface area contributed by atoms with Crippen molar-refractivity contribution in [1.82, 2.24) is 0 Å². The van der Waals surface area contributed by atoms with E-state index in [1.54, 1.807) is 12.3 Å². The molecule has 8 saturated carbocycles. The monoisotopic (exact) mass is 918 g/mol. The third-order valence-corrected chi connectivity index (χ3v) is 23.1. The van der Waals surface area contributed by atoms with E-state index in [1.807, 2.05) is 36.4 Å². The van der Waals surface area contributed by atoms with Crippen molar-refractivity contribution in [3.05, 3.63) is 48.0 Å². The lowest BCUT2D eigenvalue weighted by molar-refractivity contribution is -0.129. The molecular formula is C61H91NO5. The highest BCUT2D eigenvalue weighted by atomic mass is 16.5. The Morgan fingerprint density at radius 1 is 0.582 bits per heavy atom. The fourth-order valence-corrected chi connectivity index (χ4v) is 19.5. The van der Waals surface area contributed by atoms with Crippen molar-refractivity contribution in [1.29, 1.82) is 0 Å². The molecule has 8 aliphatic rings. The van der Waals surface area contributed by atoms with Crippen LogP contribution in [-0.2, 0) is 0 Å². The fraction of sp³-hybridized carbons (Fsp3) is 0.787. The normalized spacial score (nSPS) is 43.2. The second-order valence-corrected chi connectivity index (χ2v) is 26.0. The highest BCUT2D eigenvalue weighted by Gasteiger charge is 2.62. The van der Waals surface area contributed by atoms with Gasteiger partial charge in [0.25, 0.3) is 0 Å². The molecule has 0 amide bonds. The van der Waals surface area contributed by atoms with E-state index >= 15 is 0 Å². The van der Waals surface area contributed by atoms with Gasteiger partial charge in [-0.15, -0.1) is 0 Å². The van der Waals surface area contributed by atoms with Crippen LogP contribution in [0.1, 0.15) is 188 Å². The average molecular weight is 918 g/mol. The number of phenols is 1. The first-order chi connectivity index (χ1) is 32.2. The zero-order valence-corrected chi connectivity index (χ0v) is 42.8. The maximum absolute atomic E-state index is 11.0. The van der Waals surface area contributed by atoms with Crippen molar-refractivity contribution >= 4 is 11.9 Å². The summed E-state index contributed by atoms with van der Waals surface area (Å²) in [6.45, 7) is 17.0. The zero-order valence-electron chi connectivity index (χ0n) is 42.8. The topological polar surface area (TPSA) is 91.5 Å². The summed E-state index contributed by atoms with van der Waals surface area (Å²) < 4.78 is 12.5. The molecule has 67 heavy (non-hydrogen) atoms. The first kappa shape index (κ1) is 48.1. The molecule has 0 spiro atoms. The molecule has 2 aromatic carbocycles. The van der Waals surface area contributed by atoms with Crippen molar-refractivity contribution in [3.63, 3.8) is 0 Å². The van der Waals surface area contributed by atoms with Crippen molar-refractivity contribution < 1.29 is 24.8 Å². The summed E-state index contributed by atoms with van der Waals surface area (Å²) in [6.07, 6.45) is 29.4. The SMILES string of the molecule is C[C@H](CCCOc1cccc(N=Cc2ccc(OCCC[C@@H](C)[C@H]3CC[C@H]4[C@@H]5CC[C@@H]6C[C@H](O)CC[C@]6(C)[C@H]5CC[C@]34C)cc2O)c1)[C@H]1CC[C@H]2[C@@H]3CC[C@@H]4C[C@H](O)CC[C@]4(C)[C@H]3CC[C@]12C. The van der Waals surface area contributed by atoms with Gasteiger partial charge in [0, 0.05) is 23.9 Å². The van der Waals surface area contributed by atoms with Crippen LogP contribution in [0.15, 0.2) is 47.5 Å². The standard InChI is InChI=1S/C61H91NO5/c1-39(51-20-22-53-49-18-15-42-34-45(63)24-28-58(42,3)55(49)26-30-60(51,53)5)10-8-32-66-47-13-7-12-44(36-47)62-38-41-14-17-48(37-57(41)65)67-33-9-11-40(2)52-21-23-54-50-19-16-43-35-46(64)25-29-59(43,4)56(50)27-31-61(52,54)6/h7,12-14,17,36-40,42-43,45-46,49-56,63-65H,8-11,15-16,18-35H2,1-6H3/t39-,40-,42-,43-,45-,46-,49+,50+,51-,52-,53+,54+,55+,56+,58+,59+,60-,61-/m1/s1. The van der Waals surface area contributed by atoms with E-state index < -0.39 is 0 Å². The maximum atomic E-state index is 11.0. The van der Waals surface area contributed by atoms with Gasteiger partial charge < -0.3 is 24.8 Å². The van der Waals surface area contributed by atoms with Crippen LogP contribution in [0.2, 0.25) is 0 Å². The van der Waals surface area contributed by atoms with Crippen molar-refractivity contribution in [3.8, 4) is 17.2 Å². The molecule has 0 bridgehead atoms.